The molecule has 0 bridgehead atoms. The number of carbonyl (C=O) groups is 2. The highest BCUT2D eigenvalue weighted by Crippen LogP contribution is 2.00. The van der Waals surface area contributed by atoms with E-state index in [1.165, 1.54) is 6.92 Å². The number of carbonyl (C=O) groups excluding carboxylic acids is 2. The SMILES string of the molecule is CC(=O)NC(C)C(=O)N1CCOCC1. The number of ether oxygens (including phenoxy) is 1. The summed E-state index contributed by atoms with van der Waals surface area (Å²) in [6, 6.07) is -0.439. The molecule has 0 spiro atoms. The summed E-state index contributed by atoms with van der Waals surface area (Å²) in [5, 5.41) is 2.57. The van der Waals surface area contributed by atoms with E-state index >= 15 is 0 Å². The van der Waals surface area contributed by atoms with Gasteiger partial charge in [0, 0.05) is 20.0 Å². The van der Waals surface area contributed by atoms with Crippen molar-refractivity contribution in [3.8, 4) is 0 Å². The van der Waals surface area contributed by atoms with Gasteiger partial charge in [0.25, 0.3) is 0 Å². The summed E-state index contributed by atoms with van der Waals surface area (Å²) in [4.78, 5) is 24.1. The topological polar surface area (TPSA) is 58.6 Å². The normalized spacial score (nSPS) is 18.9. The lowest BCUT2D eigenvalue weighted by molar-refractivity contribution is -0.139. The molecule has 1 rings (SSSR count). The Morgan fingerprint density at radius 2 is 1.93 bits per heavy atom. The average Bonchev–Trinajstić information content (AvgIpc) is 2.17. The van der Waals surface area contributed by atoms with E-state index in [0.717, 1.165) is 0 Å². The maximum atomic E-state index is 11.7. The van der Waals surface area contributed by atoms with Gasteiger partial charge in [-0.3, -0.25) is 9.59 Å². The highest BCUT2D eigenvalue weighted by molar-refractivity contribution is 5.86. The second-order valence-corrected chi connectivity index (χ2v) is 3.36. The average molecular weight is 200 g/mol. The summed E-state index contributed by atoms with van der Waals surface area (Å²) >= 11 is 0. The van der Waals surface area contributed by atoms with Crippen molar-refractivity contribution in [3.63, 3.8) is 0 Å². The third-order valence-corrected chi connectivity index (χ3v) is 2.11. The fraction of sp³-hybridized carbons (Fsp3) is 0.778. The van der Waals surface area contributed by atoms with Gasteiger partial charge in [0.15, 0.2) is 0 Å². The van der Waals surface area contributed by atoms with Crippen LogP contribution in [-0.4, -0.2) is 49.1 Å². The number of rotatable bonds is 2. The van der Waals surface area contributed by atoms with Crippen molar-refractivity contribution in [3.05, 3.63) is 0 Å². The lowest BCUT2D eigenvalue weighted by atomic mass is 10.2. The predicted molar refractivity (Wildman–Crippen MR) is 50.7 cm³/mol. The van der Waals surface area contributed by atoms with Crippen LogP contribution in [0.15, 0.2) is 0 Å². The van der Waals surface area contributed by atoms with E-state index in [0.29, 0.717) is 26.3 Å². The summed E-state index contributed by atoms with van der Waals surface area (Å²) in [6.45, 7) is 5.49. The molecule has 1 atom stereocenters. The number of hydrogen-bond donors (Lipinski definition) is 1. The first-order chi connectivity index (χ1) is 6.61. The Morgan fingerprint density at radius 1 is 1.36 bits per heavy atom. The summed E-state index contributed by atoms with van der Waals surface area (Å²) in [5.41, 5.74) is 0. The molecule has 5 nitrogen and oxygen atoms in total. The molecule has 1 aliphatic rings. The minimum Gasteiger partial charge on any atom is -0.378 e. The smallest absolute Gasteiger partial charge is 0.245 e. The molecule has 0 aromatic carbocycles. The molecule has 1 saturated heterocycles. The van der Waals surface area contributed by atoms with Crippen molar-refractivity contribution in [2.75, 3.05) is 26.3 Å². The van der Waals surface area contributed by atoms with Crippen LogP contribution in [0.2, 0.25) is 0 Å². The Hall–Kier alpha value is -1.10. The van der Waals surface area contributed by atoms with E-state index < -0.39 is 6.04 Å². The van der Waals surface area contributed by atoms with Gasteiger partial charge >= 0.3 is 0 Å². The molecule has 5 heteroatoms. The standard InChI is InChI=1S/C9H16N2O3/c1-7(10-8(2)12)9(13)11-3-5-14-6-4-11/h7H,3-6H2,1-2H3,(H,10,12). The Kier molecular flexibility index (Phi) is 3.88. The van der Waals surface area contributed by atoms with E-state index in [4.69, 9.17) is 4.74 Å². The highest BCUT2D eigenvalue weighted by atomic mass is 16.5. The molecule has 1 unspecified atom stereocenters. The van der Waals surface area contributed by atoms with E-state index in [2.05, 4.69) is 5.32 Å². The van der Waals surface area contributed by atoms with Gasteiger partial charge in [-0.15, -0.1) is 0 Å². The van der Waals surface area contributed by atoms with Crippen LogP contribution in [0.25, 0.3) is 0 Å². The molecule has 80 valence electrons. The van der Waals surface area contributed by atoms with Crippen molar-refractivity contribution in [2.24, 2.45) is 0 Å². The van der Waals surface area contributed by atoms with Gasteiger partial charge < -0.3 is 15.0 Å². The molecular formula is C9H16N2O3. The molecule has 14 heavy (non-hydrogen) atoms. The Bertz CT molecular complexity index is 224. The van der Waals surface area contributed by atoms with Crippen LogP contribution in [0.5, 0.6) is 0 Å². The summed E-state index contributed by atoms with van der Waals surface area (Å²) in [5.74, 6) is -0.220. The molecule has 0 radical (unpaired) electrons. The molecule has 2 amide bonds. The van der Waals surface area contributed by atoms with Crippen LogP contribution in [0.1, 0.15) is 13.8 Å². The zero-order valence-electron chi connectivity index (χ0n) is 8.58. The van der Waals surface area contributed by atoms with Crippen molar-refractivity contribution in [1.82, 2.24) is 10.2 Å². The number of amides is 2. The van der Waals surface area contributed by atoms with Gasteiger partial charge in [0.2, 0.25) is 11.8 Å². The van der Waals surface area contributed by atoms with Gasteiger partial charge in [-0.2, -0.15) is 0 Å². The fourth-order valence-corrected chi connectivity index (χ4v) is 1.42. The summed E-state index contributed by atoms with van der Waals surface area (Å²) < 4.78 is 5.13. The van der Waals surface area contributed by atoms with Crippen molar-refractivity contribution >= 4 is 11.8 Å². The van der Waals surface area contributed by atoms with Crippen LogP contribution in [0.4, 0.5) is 0 Å². The first-order valence-electron chi connectivity index (χ1n) is 4.75. The van der Waals surface area contributed by atoms with Gasteiger partial charge in [0.05, 0.1) is 13.2 Å². The molecule has 1 aliphatic heterocycles. The largest absolute Gasteiger partial charge is 0.378 e. The molecule has 1 N–H and O–H groups in total. The van der Waals surface area contributed by atoms with Gasteiger partial charge in [-0.1, -0.05) is 0 Å². The lowest BCUT2D eigenvalue weighted by Crippen LogP contribution is -2.50. The third-order valence-electron chi connectivity index (χ3n) is 2.11. The Balaban J connectivity index is 2.42. The minimum atomic E-state index is -0.439. The monoisotopic (exact) mass is 200 g/mol. The third kappa shape index (κ3) is 2.99. The molecule has 1 heterocycles. The maximum Gasteiger partial charge on any atom is 0.245 e. The maximum absolute atomic E-state index is 11.7. The number of hydrogen-bond acceptors (Lipinski definition) is 3. The first-order valence-corrected chi connectivity index (χ1v) is 4.75. The molecule has 0 aliphatic carbocycles. The first kappa shape index (κ1) is 11.0. The van der Waals surface area contributed by atoms with Gasteiger partial charge in [-0.25, -0.2) is 0 Å². The second-order valence-electron chi connectivity index (χ2n) is 3.36. The molecule has 0 aromatic heterocycles. The van der Waals surface area contributed by atoms with E-state index in [9.17, 15) is 9.59 Å². The number of nitrogens with zero attached hydrogens (tertiary/aromatic N) is 1. The van der Waals surface area contributed by atoms with Crippen LogP contribution < -0.4 is 5.32 Å². The number of nitrogens with one attached hydrogen (secondary N) is 1. The van der Waals surface area contributed by atoms with Crippen molar-refractivity contribution in [1.29, 1.82) is 0 Å². The van der Waals surface area contributed by atoms with Gasteiger partial charge in [-0.05, 0) is 6.92 Å². The quantitative estimate of drug-likeness (QED) is 0.645. The molecule has 0 aromatic rings. The van der Waals surface area contributed by atoms with Crippen LogP contribution in [0.3, 0.4) is 0 Å². The van der Waals surface area contributed by atoms with Crippen LogP contribution in [0, 0.1) is 0 Å². The molecule has 1 fully saturated rings. The molecule has 0 saturated carbocycles. The zero-order valence-corrected chi connectivity index (χ0v) is 8.58. The predicted octanol–water partition coefficient (Wildman–Crippen LogP) is -0.630. The highest BCUT2D eigenvalue weighted by Gasteiger charge is 2.22. The molecular weight excluding hydrogens is 184 g/mol. The fourth-order valence-electron chi connectivity index (χ4n) is 1.42. The zero-order chi connectivity index (χ0) is 10.6. The lowest BCUT2D eigenvalue weighted by Gasteiger charge is -2.29. The van der Waals surface area contributed by atoms with Crippen molar-refractivity contribution in [2.45, 2.75) is 19.9 Å². The van der Waals surface area contributed by atoms with E-state index in [1.807, 2.05) is 0 Å². The van der Waals surface area contributed by atoms with Gasteiger partial charge in [0.1, 0.15) is 6.04 Å². The minimum absolute atomic E-state index is 0.0384. The summed E-state index contributed by atoms with van der Waals surface area (Å²) in [7, 11) is 0. The van der Waals surface area contributed by atoms with E-state index in [-0.39, 0.29) is 11.8 Å². The van der Waals surface area contributed by atoms with Crippen LogP contribution in [-0.2, 0) is 14.3 Å². The Morgan fingerprint density at radius 3 is 2.43 bits per heavy atom. The van der Waals surface area contributed by atoms with Crippen molar-refractivity contribution < 1.29 is 14.3 Å². The van der Waals surface area contributed by atoms with E-state index in [1.54, 1.807) is 11.8 Å². The Labute approximate surface area is 83.4 Å². The number of morpholine rings is 1. The second kappa shape index (κ2) is 4.95. The summed E-state index contributed by atoms with van der Waals surface area (Å²) in [6.07, 6.45) is 0. The van der Waals surface area contributed by atoms with Crippen LogP contribution >= 0.6 is 0 Å².